The van der Waals surface area contributed by atoms with E-state index in [9.17, 15) is 0 Å². The highest BCUT2D eigenvalue weighted by molar-refractivity contribution is 9.10. The number of ether oxygens (including phenoxy) is 1. The summed E-state index contributed by atoms with van der Waals surface area (Å²) in [5.41, 5.74) is 1.15. The fourth-order valence-corrected chi connectivity index (χ4v) is 3.25. The van der Waals surface area contributed by atoms with Crippen molar-refractivity contribution in [1.82, 2.24) is 0 Å². The number of methoxy groups -OCH3 is 1. The van der Waals surface area contributed by atoms with Crippen LogP contribution >= 0.6 is 15.9 Å². The van der Waals surface area contributed by atoms with Crippen LogP contribution in [-0.2, 0) is 0 Å². The van der Waals surface area contributed by atoms with Gasteiger partial charge in [0.05, 0.1) is 11.6 Å². The molecule has 2 nitrogen and oxygen atoms in total. The van der Waals surface area contributed by atoms with Gasteiger partial charge in [-0.25, -0.2) is 0 Å². The Hall–Kier alpha value is -0.700. The molecule has 2 rings (SSSR count). The molecule has 0 saturated heterocycles. The molecule has 1 aliphatic rings. The molecule has 0 radical (unpaired) electrons. The normalized spacial score (nSPS) is 27.9. The maximum atomic E-state index is 5.33. The van der Waals surface area contributed by atoms with Crippen LogP contribution in [0.1, 0.15) is 33.1 Å². The van der Waals surface area contributed by atoms with E-state index in [4.69, 9.17) is 4.74 Å². The molecule has 100 valence electrons. The Bertz CT molecular complexity index is 407. The largest absolute Gasteiger partial charge is 0.495 e. The quantitative estimate of drug-likeness (QED) is 0.874. The van der Waals surface area contributed by atoms with Gasteiger partial charge in [0.2, 0.25) is 0 Å². The van der Waals surface area contributed by atoms with Crippen LogP contribution in [0.25, 0.3) is 0 Å². The third-order valence-electron chi connectivity index (χ3n) is 3.93. The van der Waals surface area contributed by atoms with Crippen molar-refractivity contribution < 1.29 is 4.74 Å². The third-order valence-corrected chi connectivity index (χ3v) is 4.59. The summed E-state index contributed by atoms with van der Waals surface area (Å²) in [5, 5.41) is 3.65. The summed E-state index contributed by atoms with van der Waals surface area (Å²) < 4.78 is 6.33. The molecule has 1 fully saturated rings. The van der Waals surface area contributed by atoms with E-state index in [-0.39, 0.29) is 0 Å². The monoisotopic (exact) mass is 311 g/mol. The van der Waals surface area contributed by atoms with E-state index in [1.807, 2.05) is 6.07 Å². The van der Waals surface area contributed by atoms with Gasteiger partial charge in [0.25, 0.3) is 0 Å². The molecule has 18 heavy (non-hydrogen) atoms. The third kappa shape index (κ3) is 3.19. The molecule has 3 atom stereocenters. The first-order valence-corrected chi connectivity index (χ1v) is 7.49. The lowest BCUT2D eigenvalue weighted by molar-refractivity contribution is 0.276. The van der Waals surface area contributed by atoms with Crippen molar-refractivity contribution in [3.05, 3.63) is 22.7 Å². The molecule has 1 aromatic carbocycles. The standard InChI is InChI=1S/C15H22BrNO/c1-10-4-7-14(11(2)8-10)17-12-5-6-13(16)15(9-12)18-3/h5-6,9-11,14,17H,4,7-8H2,1-3H3. The van der Waals surface area contributed by atoms with Crippen LogP contribution in [0.4, 0.5) is 5.69 Å². The molecular weight excluding hydrogens is 290 g/mol. The number of nitrogens with one attached hydrogen (secondary N) is 1. The highest BCUT2D eigenvalue weighted by atomic mass is 79.9. The van der Waals surface area contributed by atoms with E-state index in [2.05, 4.69) is 47.2 Å². The van der Waals surface area contributed by atoms with E-state index in [0.717, 1.165) is 27.7 Å². The van der Waals surface area contributed by atoms with Crippen LogP contribution in [-0.4, -0.2) is 13.2 Å². The lowest BCUT2D eigenvalue weighted by atomic mass is 9.80. The minimum absolute atomic E-state index is 0.590. The maximum absolute atomic E-state index is 5.33. The molecule has 0 bridgehead atoms. The minimum atomic E-state index is 0.590. The number of halogens is 1. The predicted octanol–water partition coefficient (Wildman–Crippen LogP) is 4.69. The minimum Gasteiger partial charge on any atom is -0.495 e. The topological polar surface area (TPSA) is 21.3 Å². The fourth-order valence-electron chi connectivity index (χ4n) is 2.84. The number of hydrogen-bond donors (Lipinski definition) is 1. The highest BCUT2D eigenvalue weighted by Gasteiger charge is 2.25. The summed E-state index contributed by atoms with van der Waals surface area (Å²) in [4.78, 5) is 0. The molecule has 0 amide bonds. The van der Waals surface area contributed by atoms with Crippen molar-refractivity contribution in [1.29, 1.82) is 0 Å². The van der Waals surface area contributed by atoms with Crippen LogP contribution in [0.2, 0.25) is 0 Å². The number of benzene rings is 1. The molecule has 1 aromatic rings. The van der Waals surface area contributed by atoms with Gasteiger partial charge >= 0.3 is 0 Å². The molecule has 0 heterocycles. The molecule has 0 aliphatic heterocycles. The number of hydrogen-bond acceptors (Lipinski definition) is 2. The van der Waals surface area contributed by atoms with Crippen LogP contribution in [0.15, 0.2) is 22.7 Å². The summed E-state index contributed by atoms with van der Waals surface area (Å²) >= 11 is 3.48. The van der Waals surface area contributed by atoms with E-state index in [1.54, 1.807) is 7.11 Å². The summed E-state index contributed by atoms with van der Waals surface area (Å²) in [6.45, 7) is 4.71. The van der Waals surface area contributed by atoms with Crippen molar-refractivity contribution in [2.45, 2.75) is 39.2 Å². The smallest absolute Gasteiger partial charge is 0.135 e. The zero-order valence-corrected chi connectivity index (χ0v) is 13.0. The van der Waals surface area contributed by atoms with Crippen molar-refractivity contribution >= 4 is 21.6 Å². The van der Waals surface area contributed by atoms with Crippen LogP contribution < -0.4 is 10.1 Å². The molecule has 0 spiro atoms. The molecule has 1 saturated carbocycles. The Morgan fingerprint density at radius 3 is 2.72 bits per heavy atom. The summed E-state index contributed by atoms with van der Waals surface area (Å²) in [6, 6.07) is 6.80. The van der Waals surface area contributed by atoms with Crippen LogP contribution in [0.3, 0.4) is 0 Å². The average molecular weight is 312 g/mol. The molecule has 1 N–H and O–H groups in total. The second-order valence-electron chi connectivity index (χ2n) is 5.50. The molecular formula is C15H22BrNO. The van der Waals surface area contributed by atoms with Crippen molar-refractivity contribution in [2.24, 2.45) is 11.8 Å². The zero-order valence-electron chi connectivity index (χ0n) is 11.4. The van der Waals surface area contributed by atoms with Gasteiger partial charge in [-0.2, -0.15) is 0 Å². The lowest BCUT2D eigenvalue weighted by Gasteiger charge is -2.34. The molecule has 0 aromatic heterocycles. The van der Waals surface area contributed by atoms with Gasteiger partial charge in [-0.05, 0) is 59.2 Å². The van der Waals surface area contributed by atoms with E-state index >= 15 is 0 Å². The first kappa shape index (κ1) is 13.7. The molecule has 3 heteroatoms. The maximum Gasteiger partial charge on any atom is 0.135 e. The van der Waals surface area contributed by atoms with E-state index in [1.165, 1.54) is 19.3 Å². The summed E-state index contributed by atoms with van der Waals surface area (Å²) in [7, 11) is 1.70. The van der Waals surface area contributed by atoms with E-state index < -0.39 is 0 Å². The Kier molecular flexibility index (Phi) is 4.55. The van der Waals surface area contributed by atoms with Gasteiger partial charge in [0.15, 0.2) is 0 Å². The van der Waals surface area contributed by atoms with Gasteiger partial charge in [-0.15, -0.1) is 0 Å². The predicted molar refractivity (Wildman–Crippen MR) is 80.3 cm³/mol. The first-order chi connectivity index (χ1) is 8.60. The summed E-state index contributed by atoms with van der Waals surface area (Å²) in [5.74, 6) is 2.50. The van der Waals surface area contributed by atoms with Gasteiger partial charge < -0.3 is 10.1 Å². The number of rotatable bonds is 3. The summed E-state index contributed by atoms with van der Waals surface area (Å²) in [6.07, 6.45) is 3.92. The van der Waals surface area contributed by atoms with Gasteiger partial charge in [-0.3, -0.25) is 0 Å². The van der Waals surface area contributed by atoms with Gasteiger partial charge in [0, 0.05) is 17.8 Å². The van der Waals surface area contributed by atoms with Crippen LogP contribution in [0, 0.1) is 11.8 Å². The van der Waals surface area contributed by atoms with E-state index in [0.29, 0.717) is 6.04 Å². The fraction of sp³-hybridized carbons (Fsp3) is 0.600. The average Bonchev–Trinajstić information content (AvgIpc) is 2.35. The Balaban J connectivity index is 2.05. The molecule has 1 aliphatic carbocycles. The van der Waals surface area contributed by atoms with Crippen LogP contribution in [0.5, 0.6) is 5.75 Å². The van der Waals surface area contributed by atoms with Gasteiger partial charge in [-0.1, -0.05) is 13.8 Å². The molecule has 3 unspecified atom stereocenters. The van der Waals surface area contributed by atoms with Crippen molar-refractivity contribution in [3.8, 4) is 5.75 Å². The SMILES string of the molecule is COc1cc(NC2CCC(C)CC2C)ccc1Br. The highest BCUT2D eigenvalue weighted by Crippen LogP contribution is 2.33. The lowest BCUT2D eigenvalue weighted by Crippen LogP contribution is -2.32. The van der Waals surface area contributed by atoms with Crippen molar-refractivity contribution in [2.75, 3.05) is 12.4 Å². The number of anilines is 1. The second kappa shape index (κ2) is 5.96. The Morgan fingerprint density at radius 2 is 2.06 bits per heavy atom. The second-order valence-corrected chi connectivity index (χ2v) is 6.35. The van der Waals surface area contributed by atoms with Crippen molar-refractivity contribution in [3.63, 3.8) is 0 Å². The first-order valence-electron chi connectivity index (χ1n) is 6.70. The zero-order chi connectivity index (χ0) is 13.1. The van der Waals surface area contributed by atoms with Gasteiger partial charge in [0.1, 0.15) is 5.75 Å². The Labute approximate surface area is 118 Å². The Morgan fingerprint density at radius 1 is 1.28 bits per heavy atom.